The first-order chi connectivity index (χ1) is 19.8. The van der Waals surface area contributed by atoms with Crippen LogP contribution in [0.2, 0.25) is 0 Å². The van der Waals surface area contributed by atoms with Crippen LogP contribution in [-0.4, -0.2) is 129 Å². The summed E-state index contributed by atoms with van der Waals surface area (Å²) in [5, 5.41) is 0. The minimum atomic E-state index is -0.0630. The Balaban J connectivity index is 0.000000608. The monoisotopic (exact) mass is 653 g/mol. The summed E-state index contributed by atoms with van der Waals surface area (Å²) in [5.74, 6) is -0.310. The number of carbonyl (C=O) groups is 6. The quantitative estimate of drug-likeness (QED) is 0.267. The van der Waals surface area contributed by atoms with E-state index in [1.807, 2.05) is 41.5 Å². The van der Waals surface area contributed by atoms with Gasteiger partial charge in [0.1, 0.15) is 17.3 Å². The van der Waals surface area contributed by atoms with Gasteiger partial charge in [0.2, 0.25) is 17.7 Å². The van der Waals surface area contributed by atoms with Crippen molar-refractivity contribution in [3.63, 3.8) is 0 Å². The van der Waals surface area contributed by atoms with Gasteiger partial charge in [-0.15, -0.1) is 0 Å². The first kappa shape index (κ1) is 40.8. The van der Waals surface area contributed by atoms with E-state index in [0.717, 1.165) is 0 Å². The fraction of sp³-hybridized carbons (Fsp3) is 0.800. The Morgan fingerprint density at radius 2 is 0.628 bits per heavy atom. The number of ether oxygens (including phenoxy) is 3. The van der Waals surface area contributed by atoms with Crippen LogP contribution in [0.3, 0.4) is 0 Å². The SMILES string of the molecule is CC(C)C(=O)CC(=O)N1CCOCC1.CC(C)C(=O)CC(=O)N1CCOCC1.CC(C)C(=O)CC(=O)N1CCOCC1.[Fe+3]. The summed E-state index contributed by atoms with van der Waals surface area (Å²) in [4.78, 5) is 73.7. The number of amides is 3. The Labute approximate surface area is 267 Å². The van der Waals surface area contributed by atoms with Gasteiger partial charge in [0.15, 0.2) is 0 Å². The average molecular weight is 654 g/mol. The number of nitrogens with zero attached hydrogens (tertiary/aromatic N) is 3. The second-order valence-corrected chi connectivity index (χ2v) is 11.4. The maximum Gasteiger partial charge on any atom is 3.00 e. The molecule has 3 aliphatic rings. The second kappa shape index (κ2) is 22.3. The second-order valence-electron chi connectivity index (χ2n) is 11.4. The molecule has 245 valence electrons. The molecule has 0 spiro atoms. The molecule has 0 aromatic rings. The molecule has 0 unspecified atom stereocenters. The summed E-state index contributed by atoms with van der Waals surface area (Å²) in [5.41, 5.74) is 0. The molecule has 43 heavy (non-hydrogen) atoms. The molecule has 0 bridgehead atoms. The van der Waals surface area contributed by atoms with Gasteiger partial charge >= 0.3 is 17.1 Å². The molecule has 0 aliphatic carbocycles. The van der Waals surface area contributed by atoms with Crippen LogP contribution in [0.1, 0.15) is 60.8 Å². The third-order valence-corrected chi connectivity index (χ3v) is 7.00. The van der Waals surface area contributed by atoms with Gasteiger partial charge in [-0.05, 0) is 0 Å². The van der Waals surface area contributed by atoms with E-state index in [4.69, 9.17) is 14.2 Å². The van der Waals surface area contributed by atoms with Gasteiger partial charge in [-0.1, -0.05) is 41.5 Å². The van der Waals surface area contributed by atoms with Crippen molar-refractivity contribution >= 4 is 35.1 Å². The van der Waals surface area contributed by atoms with Crippen LogP contribution < -0.4 is 0 Å². The standard InChI is InChI=1S/3C10H17NO3.Fe/c3*1-8(2)9(12)7-10(13)11-3-5-14-6-4-11;/h3*8H,3-7H2,1-2H3;/q;;;+3. The number of morpholine rings is 3. The molecule has 3 saturated heterocycles. The van der Waals surface area contributed by atoms with Gasteiger partial charge in [-0.2, -0.15) is 0 Å². The van der Waals surface area contributed by atoms with E-state index in [9.17, 15) is 28.8 Å². The normalized spacial score (nSPS) is 16.8. The van der Waals surface area contributed by atoms with Crippen LogP contribution in [0.5, 0.6) is 0 Å². The summed E-state index contributed by atoms with van der Waals surface area (Å²) in [6, 6.07) is 0. The van der Waals surface area contributed by atoms with E-state index >= 15 is 0 Å². The Kier molecular flexibility index (Phi) is 21.2. The molecule has 0 aromatic carbocycles. The van der Waals surface area contributed by atoms with Crippen LogP contribution in [-0.2, 0) is 60.0 Å². The summed E-state index contributed by atoms with van der Waals surface area (Å²) < 4.78 is 15.4. The zero-order chi connectivity index (χ0) is 31.7. The van der Waals surface area contributed by atoms with Gasteiger partial charge in [0.25, 0.3) is 0 Å². The van der Waals surface area contributed by atoms with Crippen LogP contribution in [0.4, 0.5) is 0 Å². The molecule has 0 saturated carbocycles. The zero-order valence-corrected chi connectivity index (χ0v) is 27.8. The molecule has 3 aliphatic heterocycles. The molecule has 0 atom stereocenters. The van der Waals surface area contributed by atoms with E-state index in [2.05, 4.69) is 0 Å². The van der Waals surface area contributed by atoms with Crippen molar-refractivity contribution in [2.75, 3.05) is 78.9 Å². The molecule has 1 radical (unpaired) electrons. The Morgan fingerprint density at radius 1 is 0.442 bits per heavy atom. The summed E-state index contributed by atoms with van der Waals surface area (Å²) >= 11 is 0. The minimum Gasteiger partial charge on any atom is -0.378 e. The minimum absolute atomic E-state index is 0. The van der Waals surface area contributed by atoms with Crippen molar-refractivity contribution in [2.45, 2.75) is 60.8 Å². The fourth-order valence-corrected chi connectivity index (χ4v) is 3.83. The summed E-state index contributed by atoms with van der Waals surface area (Å²) in [7, 11) is 0. The van der Waals surface area contributed by atoms with Crippen molar-refractivity contribution in [1.82, 2.24) is 14.7 Å². The summed E-state index contributed by atoms with van der Waals surface area (Å²) in [6.45, 7) is 18.1. The third kappa shape index (κ3) is 17.0. The molecule has 3 amide bonds. The molecule has 3 rings (SSSR count). The Hall–Kier alpha value is -2.18. The van der Waals surface area contributed by atoms with Gasteiger partial charge < -0.3 is 28.9 Å². The van der Waals surface area contributed by atoms with Gasteiger partial charge in [0, 0.05) is 57.0 Å². The molecular weight excluding hydrogens is 602 g/mol. The van der Waals surface area contributed by atoms with Crippen molar-refractivity contribution < 1.29 is 60.0 Å². The van der Waals surface area contributed by atoms with E-state index in [1.165, 1.54) is 0 Å². The number of hydrogen-bond donors (Lipinski definition) is 0. The van der Waals surface area contributed by atoms with E-state index in [-0.39, 0.29) is 89.2 Å². The maximum absolute atomic E-state index is 11.6. The molecule has 12 nitrogen and oxygen atoms in total. The number of hydrogen-bond acceptors (Lipinski definition) is 9. The predicted octanol–water partition coefficient (Wildman–Crippen LogP) is 1.38. The van der Waals surface area contributed by atoms with Crippen molar-refractivity contribution in [3.8, 4) is 0 Å². The smallest absolute Gasteiger partial charge is 0.378 e. The van der Waals surface area contributed by atoms with Gasteiger partial charge in [-0.25, -0.2) is 0 Å². The molecule has 0 N–H and O–H groups in total. The number of rotatable bonds is 9. The van der Waals surface area contributed by atoms with Crippen molar-refractivity contribution in [3.05, 3.63) is 0 Å². The van der Waals surface area contributed by atoms with Crippen LogP contribution in [0.15, 0.2) is 0 Å². The molecule has 0 aromatic heterocycles. The van der Waals surface area contributed by atoms with Crippen LogP contribution in [0.25, 0.3) is 0 Å². The molecule has 3 heterocycles. The first-order valence-corrected chi connectivity index (χ1v) is 15.0. The van der Waals surface area contributed by atoms with E-state index in [0.29, 0.717) is 78.9 Å². The average Bonchev–Trinajstić information content (AvgIpc) is 2.98. The fourth-order valence-electron chi connectivity index (χ4n) is 3.83. The summed E-state index contributed by atoms with van der Waals surface area (Å²) in [6.07, 6.45) is 0.118. The Bertz CT molecular complexity index is 779. The van der Waals surface area contributed by atoms with E-state index < -0.39 is 0 Å². The maximum atomic E-state index is 11.6. The third-order valence-electron chi connectivity index (χ3n) is 7.00. The van der Waals surface area contributed by atoms with E-state index in [1.54, 1.807) is 14.7 Å². The first-order valence-electron chi connectivity index (χ1n) is 15.0. The predicted molar refractivity (Wildman–Crippen MR) is 156 cm³/mol. The molecular formula is C30H51FeN3O9+3. The largest absolute Gasteiger partial charge is 3.00 e. The number of ketones is 3. The van der Waals surface area contributed by atoms with Crippen molar-refractivity contribution in [2.24, 2.45) is 17.8 Å². The van der Waals surface area contributed by atoms with Gasteiger partial charge in [0.05, 0.1) is 58.9 Å². The molecule has 3 fully saturated rings. The number of carbonyl (C=O) groups excluding carboxylic acids is 6. The topological polar surface area (TPSA) is 140 Å². The van der Waals surface area contributed by atoms with Crippen LogP contribution in [0, 0.1) is 17.8 Å². The van der Waals surface area contributed by atoms with Crippen molar-refractivity contribution in [1.29, 1.82) is 0 Å². The molecule has 13 heteroatoms. The zero-order valence-electron chi connectivity index (χ0n) is 26.7. The Morgan fingerprint density at radius 3 is 0.791 bits per heavy atom. The van der Waals surface area contributed by atoms with Crippen LogP contribution >= 0.6 is 0 Å². The van der Waals surface area contributed by atoms with Gasteiger partial charge in [-0.3, -0.25) is 28.8 Å². The number of Topliss-reactive ketones (excluding diaryl/α,β-unsaturated/α-hetero) is 3.